The van der Waals surface area contributed by atoms with Crippen molar-refractivity contribution in [2.75, 3.05) is 39.0 Å². The zero-order chi connectivity index (χ0) is 16.8. The number of hydrogen-bond donors (Lipinski definition) is 1. The largest absolute Gasteiger partial charge is 0.339 e. The number of rotatable bonds is 8. The molecule has 6 nitrogen and oxygen atoms in total. The number of carbonyl (C=O) groups excluding carboxylic acids is 1. The Hall–Kier alpha value is -0.660. The Morgan fingerprint density at radius 3 is 2.27 bits per heavy atom. The van der Waals surface area contributed by atoms with Crippen LogP contribution in [0.1, 0.15) is 40.0 Å². The van der Waals surface area contributed by atoms with Crippen LogP contribution >= 0.6 is 0 Å². The first kappa shape index (κ1) is 19.4. The van der Waals surface area contributed by atoms with Gasteiger partial charge in [-0.1, -0.05) is 27.2 Å². The lowest BCUT2D eigenvalue weighted by Gasteiger charge is -2.35. The number of nitrogens with one attached hydrogen (secondary N) is 1. The van der Waals surface area contributed by atoms with Crippen molar-refractivity contribution in [2.24, 2.45) is 5.92 Å². The summed E-state index contributed by atoms with van der Waals surface area (Å²) in [5.41, 5.74) is 0. The third kappa shape index (κ3) is 6.62. The van der Waals surface area contributed by atoms with Crippen molar-refractivity contribution in [3.8, 4) is 0 Å². The third-order valence-electron chi connectivity index (χ3n) is 3.91. The predicted molar refractivity (Wildman–Crippen MR) is 89.2 cm³/mol. The molecule has 0 aromatic heterocycles. The minimum absolute atomic E-state index is 0.0816. The highest BCUT2D eigenvalue weighted by atomic mass is 32.2. The van der Waals surface area contributed by atoms with E-state index in [0.717, 1.165) is 19.5 Å². The summed E-state index contributed by atoms with van der Waals surface area (Å²) in [5, 5.41) is 0. The molecule has 0 aromatic carbocycles. The van der Waals surface area contributed by atoms with Crippen molar-refractivity contribution in [1.82, 2.24) is 14.5 Å². The highest BCUT2D eigenvalue weighted by Crippen LogP contribution is 2.11. The van der Waals surface area contributed by atoms with E-state index >= 15 is 0 Å². The second-order valence-electron chi connectivity index (χ2n) is 6.60. The molecule has 1 saturated heterocycles. The fourth-order valence-electron chi connectivity index (χ4n) is 2.53. The van der Waals surface area contributed by atoms with E-state index in [9.17, 15) is 13.2 Å². The second-order valence-corrected chi connectivity index (χ2v) is 8.47. The molecule has 0 radical (unpaired) electrons. The molecule has 0 bridgehead atoms. The van der Waals surface area contributed by atoms with Crippen LogP contribution in [0.15, 0.2) is 0 Å². The molecule has 130 valence electrons. The molecule has 1 rings (SSSR count). The van der Waals surface area contributed by atoms with E-state index in [1.807, 2.05) is 27.8 Å². The zero-order valence-electron chi connectivity index (χ0n) is 14.3. The van der Waals surface area contributed by atoms with E-state index in [1.54, 1.807) is 4.90 Å². The summed E-state index contributed by atoms with van der Waals surface area (Å²) in [5.74, 6) is 0.269. The van der Waals surface area contributed by atoms with Crippen LogP contribution in [-0.2, 0) is 14.8 Å². The maximum absolute atomic E-state index is 12.7. The quantitative estimate of drug-likeness (QED) is 0.716. The van der Waals surface area contributed by atoms with E-state index in [0.29, 0.717) is 25.9 Å². The van der Waals surface area contributed by atoms with Crippen molar-refractivity contribution in [3.05, 3.63) is 0 Å². The number of sulfonamides is 1. The van der Waals surface area contributed by atoms with Crippen LogP contribution in [0.5, 0.6) is 0 Å². The number of amides is 1. The molecule has 0 spiro atoms. The van der Waals surface area contributed by atoms with Gasteiger partial charge in [0.15, 0.2) is 0 Å². The smallest absolute Gasteiger partial charge is 0.240 e. The fraction of sp³-hybridized carbons (Fsp3) is 0.933. The molecule has 0 saturated carbocycles. The highest BCUT2D eigenvalue weighted by molar-refractivity contribution is 7.89. The summed E-state index contributed by atoms with van der Waals surface area (Å²) >= 11 is 0. The number of carbonyl (C=O) groups is 1. The SMILES string of the molecule is CCCCS(=O)(=O)N[C@@H](CC(C)C)C(=O)N1CCN(C)CC1. The molecule has 0 unspecified atom stereocenters. The van der Waals surface area contributed by atoms with Gasteiger partial charge in [-0.15, -0.1) is 0 Å². The van der Waals surface area contributed by atoms with Gasteiger partial charge in [0.05, 0.1) is 5.75 Å². The Morgan fingerprint density at radius 2 is 1.77 bits per heavy atom. The van der Waals surface area contributed by atoms with E-state index < -0.39 is 16.1 Å². The lowest BCUT2D eigenvalue weighted by Crippen LogP contribution is -2.54. The van der Waals surface area contributed by atoms with Gasteiger partial charge in [-0.2, -0.15) is 0 Å². The Labute approximate surface area is 135 Å². The molecular weight excluding hydrogens is 302 g/mol. The number of nitrogens with zero attached hydrogens (tertiary/aromatic N) is 2. The Morgan fingerprint density at radius 1 is 1.18 bits per heavy atom. The predicted octanol–water partition coefficient (Wildman–Crippen LogP) is 0.895. The first-order chi connectivity index (χ1) is 10.2. The van der Waals surface area contributed by atoms with Crippen molar-refractivity contribution in [2.45, 2.75) is 46.1 Å². The van der Waals surface area contributed by atoms with Gasteiger partial charge in [0.25, 0.3) is 0 Å². The van der Waals surface area contributed by atoms with E-state index in [2.05, 4.69) is 9.62 Å². The molecular formula is C15H31N3O3S. The van der Waals surface area contributed by atoms with Crippen LogP contribution < -0.4 is 4.72 Å². The van der Waals surface area contributed by atoms with E-state index in [1.165, 1.54) is 0 Å². The summed E-state index contributed by atoms with van der Waals surface area (Å²) in [6.45, 7) is 8.97. The van der Waals surface area contributed by atoms with Crippen LogP contribution in [-0.4, -0.2) is 69.1 Å². The van der Waals surface area contributed by atoms with Crippen LogP contribution in [0.3, 0.4) is 0 Å². The average molecular weight is 333 g/mol. The van der Waals surface area contributed by atoms with Gasteiger partial charge in [-0.05, 0) is 25.8 Å². The molecule has 1 heterocycles. The molecule has 1 aliphatic rings. The molecule has 7 heteroatoms. The minimum atomic E-state index is -3.39. The molecule has 1 aliphatic heterocycles. The number of unbranched alkanes of at least 4 members (excludes halogenated alkanes) is 1. The number of piperazine rings is 1. The van der Waals surface area contributed by atoms with Gasteiger partial charge < -0.3 is 9.80 Å². The van der Waals surface area contributed by atoms with Crippen molar-refractivity contribution in [1.29, 1.82) is 0 Å². The molecule has 1 atom stereocenters. The maximum atomic E-state index is 12.7. The summed E-state index contributed by atoms with van der Waals surface area (Å²) < 4.78 is 26.9. The monoisotopic (exact) mass is 333 g/mol. The van der Waals surface area contributed by atoms with Gasteiger partial charge in [0, 0.05) is 26.2 Å². The van der Waals surface area contributed by atoms with E-state index in [-0.39, 0.29) is 17.6 Å². The topological polar surface area (TPSA) is 69.7 Å². The van der Waals surface area contributed by atoms with Crippen LogP contribution in [0.4, 0.5) is 0 Å². The first-order valence-electron chi connectivity index (χ1n) is 8.22. The molecule has 0 aromatic rings. The standard InChI is InChI=1S/C15H31N3O3S/c1-5-6-11-22(20,21)16-14(12-13(2)3)15(19)18-9-7-17(4)8-10-18/h13-14,16H,5-12H2,1-4H3/t14-/m0/s1. The van der Waals surface area contributed by atoms with Gasteiger partial charge in [-0.25, -0.2) is 13.1 Å². The zero-order valence-corrected chi connectivity index (χ0v) is 15.2. The Bertz CT molecular complexity index is 443. The van der Waals surface area contributed by atoms with Crippen molar-refractivity contribution in [3.63, 3.8) is 0 Å². The first-order valence-corrected chi connectivity index (χ1v) is 9.87. The lowest BCUT2D eigenvalue weighted by atomic mass is 10.0. The van der Waals surface area contributed by atoms with Gasteiger partial charge in [0.1, 0.15) is 6.04 Å². The summed E-state index contributed by atoms with van der Waals surface area (Å²) in [7, 11) is -1.36. The summed E-state index contributed by atoms with van der Waals surface area (Å²) in [4.78, 5) is 16.6. The average Bonchev–Trinajstić information content (AvgIpc) is 2.44. The van der Waals surface area contributed by atoms with Crippen LogP contribution in [0, 0.1) is 5.92 Å². The van der Waals surface area contributed by atoms with Gasteiger partial charge >= 0.3 is 0 Å². The number of likely N-dealkylation sites (N-methyl/N-ethyl adjacent to an activating group) is 1. The van der Waals surface area contributed by atoms with Gasteiger partial charge in [0.2, 0.25) is 15.9 Å². The van der Waals surface area contributed by atoms with Crippen LogP contribution in [0.25, 0.3) is 0 Å². The fourth-order valence-corrected chi connectivity index (χ4v) is 3.95. The molecule has 1 N–H and O–H groups in total. The van der Waals surface area contributed by atoms with Crippen molar-refractivity contribution >= 4 is 15.9 Å². The summed E-state index contributed by atoms with van der Waals surface area (Å²) in [6.07, 6.45) is 1.98. The summed E-state index contributed by atoms with van der Waals surface area (Å²) in [6, 6.07) is -0.634. The minimum Gasteiger partial charge on any atom is -0.339 e. The molecule has 1 amide bonds. The van der Waals surface area contributed by atoms with Crippen molar-refractivity contribution < 1.29 is 13.2 Å². The third-order valence-corrected chi connectivity index (χ3v) is 5.38. The second kappa shape index (κ2) is 8.84. The Kier molecular flexibility index (Phi) is 7.79. The van der Waals surface area contributed by atoms with Gasteiger partial charge in [-0.3, -0.25) is 4.79 Å². The van der Waals surface area contributed by atoms with Crippen LogP contribution in [0.2, 0.25) is 0 Å². The number of hydrogen-bond acceptors (Lipinski definition) is 4. The molecule has 22 heavy (non-hydrogen) atoms. The lowest BCUT2D eigenvalue weighted by molar-refractivity contribution is -0.135. The normalized spacial score (nSPS) is 18.7. The molecule has 1 fully saturated rings. The van der Waals surface area contributed by atoms with E-state index in [4.69, 9.17) is 0 Å². The molecule has 0 aliphatic carbocycles. The maximum Gasteiger partial charge on any atom is 0.240 e. The Balaban J connectivity index is 2.72. The highest BCUT2D eigenvalue weighted by Gasteiger charge is 2.30.